The van der Waals surface area contributed by atoms with Gasteiger partial charge in [0.15, 0.2) is 0 Å². The Labute approximate surface area is 89.7 Å². The topological polar surface area (TPSA) is 29.1 Å². The lowest BCUT2D eigenvalue weighted by Gasteiger charge is -2.31. The molecule has 1 aromatic rings. The van der Waals surface area contributed by atoms with Crippen LogP contribution in [0.25, 0.3) is 0 Å². The van der Waals surface area contributed by atoms with E-state index in [9.17, 15) is 4.79 Å². The molecule has 1 amide bonds. The van der Waals surface area contributed by atoms with Gasteiger partial charge in [-0.05, 0) is 37.3 Å². The average molecular weight is 201 g/mol. The molecule has 1 aliphatic carbocycles. The van der Waals surface area contributed by atoms with E-state index in [0.717, 1.165) is 11.1 Å². The Morgan fingerprint density at radius 2 is 2.13 bits per heavy atom. The molecule has 2 nitrogen and oxygen atoms in total. The molecular formula is C13H15NO. The molecule has 0 spiro atoms. The van der Waals surface area contributed by atoms with Crippen molar-refractivity contribution < 1.29 is 4.79 Å². The summed E-state index contributed by atoms with van der Waals surface area (Å²) in [6.45, 7) is 2.03. The lowest BCUT2D eigenvalue weighted by Crippen LogP contribution is -2.29. The van der Waals surface area contributed by atoms with Gasteiger partial charge in [0.2, 0.25) is 0 Å². The highest BCUT2D eigenvalue weighted by Crippen LogP contribution is 2.41. The van der Waals surface area contributed by atoms with Crippen LogP contribution in [-0.4, -0.2) is 5.91 Å². The molecule has 2 aliphatic rings. The predicted octanol–water partition coefficient (Wildman–Crippen LogP) is 2.58. The fourth-order valence-electron chi connectivity index (χ4n) is 2.58. The molecule has 0 saturated heterocycles. The smallest absolute Gasteiger partial charge is 0.252 e. The molecule has 0 aromatic heterocycles. The number of nitrogens with one attached hydrogen (secondary N) is 1. The first-order valence-electron chi connectivity index (χ1n) is 5.67. The van der Waals surface area contributed by atoms with Crippen LogP contribution in [0.5, 0.6) is 0 Å². The Morgan fingerprint density at radius 1 is 1.33 bits per heavy atom. The quantitative estimate of drug-likeness (QED) is 0.743. The third-order valence-corrected chi connectivity index (χ3v) is 3.70. The first-order valence-corrected chi connectivity index (χ1v) is 5.67. The zero-order chi connectivity index (χ0) is 10.4. The van der Waals surface area contributed by atoms with Gasteiger partial charge in [-0.15, -0.1) is 0 Å². The van der Waals surface area contributed by atoms with Gasteiger partial charge in [-0.2, -0.15) is 0 Å². The molecule has 1 saturated carbocycles. The maximum absolute atomic E-state index is 11.8. The van der Waals surface area contributed by atoms with E-state index in [0.29, 0.717) is 12.0 Å². The Morgan fingerprint density at radius 3 is 2.80 bits per heavy atom. The van der Waals surface area contributed by atoms with Crippen molar-refractivity contribution in [3.8, 4) is 0 Å². The summed E-state index contributed by atoms with van der Waals surface area (Å²) in [4.78, 5) is 11.8. The number of rotatable bonds is 1. The van der Waals surface area contributed by atoms with Gasteiger partial charge in [-0.3, -0.25) is 4.79 Å². The Kier molecular flexibility index (Phi) is 1.84. The minimum Gasteiger partial charge on any atom is -0.345 e. The highest BCUT2D eigenvalue weighted by molar-refractivity contribution is 5.99. The molecule has 1 aliphatic heterocycles. The van der Waals surface area contributed by atoms with Gasteiger partial charge in [0.05, 0.1) is 6.04 Å². The van der Waals surface area contributed by atoms with Gasteiger partial charge < -0.3 is 5.32 Å². The standard InChI is InChI=1S/C13H15NO/c1-8-5-6-10-11(7-8)13(15)14-12(10)9-3-2-4-9/h5-7,9,12H,2-4H2,1H3,(H,14,15). The summed E-state index contributed by atoms with van der Waals surface area (Å²) in [7, 11) is 0. The van der Waals surface area contributed by atoms with E-state index >= 15 is 0 Å². The fourth-order valence-corrected chi connectivity index (χ4v) is 2.58. The maximum atomic E-state index is 11.8. The number of carbonyl (C=O) groups excluding carboxylic acids is 1. The van der Waals surface area contributed by atoms with Crippen LogP contribution in [0.1, 0.15) is 46.8 Å². The summed E-state index contributed by atoms with van der Waals surface area (Å²) in [6, 6.07) is 6.52. The van der Waals surface area contributed by atoms with E-state index in [-0.39, 0.29) is 5.91 Å². The lowest BCUT2D eigenvalue weighted by atomic mass is 9.77. The summed E-state index contributed by atoms with van der Waals surface area (Å²) in [6.07, 6.45) is 3.84. The van der Waals surface area contributed by atoms with Crippen LogP contribution < -0.4 is 5.32 Å². The number of hydrogen-bond donors (Lipinski definition) is 1. The number of amides is 1. The summed E-state index contributed by atoms with van der Waals surface area (Å²) in [5, 5.41) is 3.11. The van der Waals surface area contributed by atoms with Crippen LogP contribution in [0.4, 0.5) is 0 Å². The molecule has 0 radical (unpaired) electrons. The van der Waals surface area contributed by atoms with E-state index in [2.05, 4.69) is 17.4 Å². The van der Waals surface area contributed by atoms with Gasteiger partial charge in [0.25, 0.3) is 5.91 Å². The van der Waals surface area contributed by atoms with Crippen molar-refractivity contribution in [2.24, 2.45) is 5.92 Å². The molecule has 1 heterocycles. The van der Waals surface area contributed by atoms with E-state index in [1.807, 2.05) is 13.0 Å². The second-order valence-corrected chi connectivity index (χ2v) is 4.73. The van der Waals surface area contributed by atoms with Gasteiger partial charge in [-0.25, -0.2) is 0 Å². The number of carbonyl (C=O) groups is 1. The minimum absolute atomic E-state index is 0.116. The van der Waals surface area contributed by atoms with Crippen LogP contribution >= 0.6 is 0 Å². The molecule has 3 rings (SSSR count). The van der Waals surface area contributed by atoms with Crippen LogP contribution in [0.3, 0.4) is 0 Å². The lowest BCUT2D eigenvalue weighted by molar-refractivity contribution is 0.0932. The molecule has 2 heteroatoms. The van der Waals surface area contributed by atoms with E-state index in [4.69, 9.17) is 0 Å². The fraction of sp³-hybridized carbons (Fsp3) is 0.462. The van der Waals surface area contributed by atoms with Crippen LogP contribution in [0, 0.1) is 12.8 Å². The summed E-state index contributed by atoms with van der Waals surface area (Å²) < 4.78 is 0. The first-order chi connectivity index (χ1) is 7.25. The van der Waals surface area contributed by atoms with Crippen molar-refractivity contribution in [2.45, 2.75) is 32.2 Å². The largest absolute Gasteiger partial charge is 0.345 e. The summed E-state index contributed by atoms with van der Waals surface area (Å²) in [5.41, 5.74) is 3.28. The zero-order valence-electron chi connectivity index (χ0n) is 8.92. The predicted molar refractivity (Wildman–Crippen MR) is 58.7 cm³/mol. The van der Waals surface area contributed by atoms with E-state index < -0.39 is 0 Å². The van der Waals surface area contributed by atoms with Crippen molar-refractivity contribution in [3.63, 3.8) is 0 Å². The van der Waals surface area contributed by atoms with E-state index in [1.165, 1.54) is 24.8 Å². The molecule has 78 valence electrons. The number of fused-ring (bicyclic) bond motifs is 1. The number of aryl methyl sites for hydroxylation is 1. The third kappa shape index (κ3) is 1.28. The molecule has 15 heavy (non-hydrogen) atoms. The highest BCUT2D eigenvalue weighted by atomic mass is 16.2. The Bertz CT molecular complexity index is 421. The summed E-state index contributed by atoms with van der Waals surface area (Å²) >= 11 is 0. The van der Waals surface area contributed by atoms with Crippen LogP contribution in [0.15, 0.2) is 18.2 Å². The summed E-state index contributed by atoms with van der Waals surface area (Å²) in [5.74, 6) is 0.795. The van der Waals surface area contributed by atoms with Crippen molar-refractivity contribution in [1.29, 1.82) is 0 Å². The first kappa shape index (κ1) is 8.96. The van der Waals surface area contributed by atoms with Gasteiger partial charge >= 0.3 is 0 Å². The van der Waals surface area contributed by atoms with Crippen LogP contribution in [0.2, 0.25) is 0 Å². The van der Waals surface area contributed by atoms with Crippen molar-refractivity contribution >= 4 is 5.91 Å². The molecule has 1 unspecified atom stereocenters. The van der Waals surface area contributed by atoms with Gasteiger partial charge in [0.1, 0.15) is 0 Å². The second kappa shape index (κ2) is 3.09. The third-order valence-electron chi connectivity index (χ3n) is 3.70. The molecule has 1 aromatic carbocycles. The molecule has 0 bridgehead atoms. The minimum atomic E-state index is 0.116. The van der Waals surface area contributed by atoms with Crippen molar-refractivity contribution in [1.82, 2.24) is 5.32 Å². The Hall–Kier alpha value is -1.31. The number of benzene rings is 1. The Balaban J connectivity index is 2.01. The highest BCUT2D eigenvalue weighted by Gasteiger charge is 2.36. The maximum Gasteiger partial charge on any atom is 0.252 e. The molecule has 1 N–H and O–H groups in total. The molecular weight excluding hydrogens is 186 g/mol. The zero-order valence-corrected chi connectivity index (χ0v) is 8.92. The number of hydrogen-bond acceptors (Lipinski definition) is 1. The van der Waals surface area contributed by atoms with E-state index in [1.54, 1.807) is 0 Å². The van der Waals surface area contributed by atoms with Crippen molar-refractivity contribution in [2.75, 3.05) is 0 Å². The van der Waals surface area contributed by atoms with Gasteiger partial charge in [0, 0.05) is 5.56 Å². The normalized spacial score (nSPS) is 24.6. The van der Waals surface area contributed by atoms with Crippen molar-refractivity contribution in [3.05, 3.63) is 34.9 Å². The SMILES string of the molecule is Cc1ccc2c(c1)C(=O)NC2C1CCC1. The average Bonchev–Trinajstić information content (AvgIpc) is 2.41. The molecule has 1 atom stereocenters. The monoisotopic (exact) mass is 201 g/mol. The molecule has 1 fully saturated rings. The van der Waals surface area contributed by atoms with Crippen LogP contribution in [-0.2, 0) is 0 Å². The van der Waals surface area contributed by atoms with Gasteiger partial charge in [-0.1, -0.05) is 24.1 Å². The second-order valence-electron chi connectivity index (χ2n) is 4.73.